The predicted molar refractivity (Wildman–Crippen MR) is 124 cm³/mol. The van der Waals surface area contributed by atoms with Crippen LogP contribution in [0.2, 0.25) is 5.02 Å². The van der Waals surface area contributed by atoms with Gasteiger partial charge in [-0.3, -0.25) is 4.79 Å². The third-order valence-corrected chi connectivity index (χ3v) is 4.77. The zero-order chi connectivity index (χ0) is 22.9. The minimum Gasteiger partial charge on any atom is -0.497 e. The first-order valence-corrected chi connectivity index (χ1v) is 10.0. The van der Waals surface area contributed by atoms with Crippen LogP contribution >= 0.6 is 11.6 Å². The van der Waals surface area contributed by atoms with Crippen molar-refractivity contribution in [2.45, 2.75) is 6.61 Å². The summed E-state index contributed by atoms with van der Waals surface area (Å²) < 4.78 is 16.4. The average molecular weight is 449 g/mol. The summed E-state index contributed by atoms with van der Waals surface area (Å²) in [6.45, 7) is 0.344. The molecule has 0 aliphatic carbocycles. The van der Waals surface area contributed by atoms with Crippen LogP contribution in [-0.2, 0) is 11.4 Å². The molecule has 6 nitrogen and oxygen atoms in total. The summed E-state index contributed by atoms with van der Waals surface area (Å²) in [6.07, 6.45) is 1.49. The maximum absolute atomic E-state index is 12.5. The van der Waals surface area contributed by atoms with E-state index in [2.05, 4.69) is 5.32 Å². The van der Waals surface area contributed by atoms with Crippen LogP contribution in [0.3, 0.4) is 0 Å². The van der Waals surface area contributed by atoms with Gasteiger partial charge in [0.25, 0.3) is 5.91 Å². The van der Waals surface area contributed by atoms with Gasteiger partial charge in [-0.1, -0.05) is 29.8 Å². The monoisotopic (exact) mass is 448 g/mol. The molecule has 0 bridgehead atoms. The number of hydrogen-bond acceptors (Lipinski definition) is 5. The van der Waals surface area contributed by atoms with Crippen LogP contribution in [0.5, 0.6) is 17.2 Å². The van der Waals surface area contributed by atoms with Crippen molar-refractivity contribution in [3.63, 3.8) is 0 Å². The van der Waals surface area contributed by atoms with Gasteiger partial charge in [0.15, 0.2) is 11.5 Å². The third-order valence-electron chi connectivity index (χ3n) is 4.52. The largest absolute Gasteiger partial charge is 0.497 e. The Balaban J connectivity index is 1.72. The number of amides is 1. The van der Waals surface area contributed by atoms with E-state index < -0.39 is 5.91 Å². The van der Waals surface area contributed by atoms with Crippen molar-refractivity contribution in [2.24, 2.45) is 0 Å². The highest BCUT2D eigenvalue weighted by Gasteiger charge is 2.11. The lowest BCUT2D eigenvalue weighted by atomic mass is 10.1. The number of hydrogen-bond donors (Lipinski definition) is 1. The van der Waals surface area contributed by atoms with Crippen LogP contribution in [-0.4, -0.2) is 20.1 Å². The van der Waals surface area contributed by atoms with Crippen molar-refractivity contribution >= 4 is 29.3 Å². The Kier molecular flexibility index (Phi) is 7.74. The number of nitrogens with zero attached hydrogens (tertiary/aromatic N) is 1. The smallest absolute Gasteiger partial charge is 0.266 e. The zero-order valence-electron chi connectivity index (χ0n) is 17.6. The molecule has 0 spiro atoms. The molecular weight excluding hydrogens is 428 g/mol. The van der Waals surface area contributed by atoms with Crippen LogP contribution in [0.1, 0.15) is 11.1 Å². The van der Waals surface area contributed by atoms with Gasteiger partial charge in [0.05, 0.1) is 14.2 Å². The fourth-order valence-corrected chi connectivity index (χ4v) is 2.95. The molecule has 162 valence electrons. The van der Waals surface area contributed by atoms with Gasteiger partial charge in [0.2, 0.25) is 0 Å². The fourth-order valence-electron chi connectivity index (χ4n) is 2.82. The number of halogens is 1. The molecule has 1 N–H and O–H groups in total. The molecule has 0 atom stereocenters. The van der Waals surface area contributed by atoms with Crippen molar-refractivity contribution in [3.05, 3.63) is 88.5 Å². The SMILES string of the molecule is COc1ccc(NC(=O)/C(C#N)=C\c2ccc(OCc3ccc(Cl)cc3)c(OC)c2)cc1. The van der Waals surface area contributed by atoms with Gasteiger partial charge < -0.3 is 19.5 Å². The Morgan fingerprint density at radius 2 is 1.72 bits per heavy atom. The van der Waals surface area contributed by atoms with Crippen molar-refractivity contribution < 1.29 is 19.0 Å². The number of anilines is 1. The summed E-state index contributed by atoms with van der Waals surface area (Å²) in [5.74, 6) is 1.19. The van der Waals surface area contributed by atoms with Gasteiger partial charge in [-0.05, 0) is 65.7 Å². The Bertz CT molecular complexity index is 1150. The van der Waals surface area contributed by atoms with Crippen LogP contribution in [0.4, 0.5) is 5.69 Å². The first-order chi connectivity index (χ1) is 15.5. The molecule has 32 heavy (non-hydrogen) atoms. The maximum Gasteiger partial charge on any atom is 0.266 e. The van der Waals surface area contributed by atoms with Gasteiger partial charge in [0, 0.05) is 10.7 Å². The maximum atomic E-state index is 12.5. The van der Waals surface area contributed by atoms with E-state index in [4.69, 9.17) is 25.8 Å². The normalized spacial score (nSPS) is 10.8. The van der Waals surface area contributed by atoms with E-state index in [-0.39, 0.29) is 5.57 Å². The van der Waals surface area contributed by atoms with E-state index in [0.29, 0.717) is 40.1 Å². The Morgan fingerprint density at radius 3 is 2.34 bits per heavy atom. The molecule has 0 unspecified atom stereocenters. The molecule has 0 saturated heterocycles. The molecule has 0 saturated carbocycles. The molecule has 1 amide bonds. The highest BCUT2D eigenvalue weighted by Crippen LogP contribution is 2.30. The Hall–Kier alpha value is -3.95. The van der Waals surface area contributed by atoms with Gasteiger partial charge in [-0.2, -0.15) is 5.26 Å². The van der Waals surface area contributed by atoms with Crippen LogP contribution in [0.25, 0.3) is 6.08 Å². The van der Waals surface area contributed by atoms with Crippen molar-refractivity contribution in [1.29, 1.82) is 5.26 Å². The molecule has 3 rings (SSSR count). The summed E-state index contributed by atoms with van der Waals surface area (Å²) in [5.41, 5.74) is 2.10. The summed E-state index contributed by atoms with van der Waals surface area (Å²) in [7, 11) is 3.09. The summed E-state index contributed by atoms with van der Waals surface area (Å²) in [6, 6.07) is 21.3. The second kappa shape index (κ2) is 10.9. The number of ether oxygens (including phenoxy) is 3. The van der Waals surface area contributed by atoms with Gasteiger partial charge in [0.1, 0.15) is 24.0 Å². The summed E-state index contributed by atoms with van der Waals surface area (Å²) >= 11 is 5.90. The molecule has 0 radical (unpaired) electrons. The van der Waals surface area contributed by atoms with E-state index in [1.807, 2.05) is 18.2 Å². The van der Waals surface area contributed by atoms with E-state index in [1.165, 1.54) is 13.2 Å². The highest BCUT2D eigenvalue weighted by atomic mass is 35.5. The second-order valence-corrected chi connectivity index (χ2v) is 7.11. The molecule has 0 aromatic heterocycles. The minimum atomic E-state index is -0.514. The van der Waals surface area contributed by atoms with Crippen LogP contribution < -0.4 is 19.5 Å². The van der Waals surface area contributed by atoms with Crippen molar-refractivity contribution in [1.82, 2.24) is 0 Å². The molecule has 0 fully saturated rings. The minimum absolute atomic E-state index is 0.0438. The highest BCUT2D eigenvalue weighted by molar-refractivity contribution is 6.30. The van der Waals surface area contributed by atoms with Gasteiger partial charge >= 0.3 is 0 Å². The van der Waals surface area contributed by atoms with E-state index in [0.717, 1.165) is 5.56 Å². The number of nitriles is 1. The van der Waals surface area contributed by atoms with Crippen molar-refractivity contribution in [3.8, 4) is 23.3 Å². The molecule has 0 aliphatic rings. The number of methoxy groups -OCH3 is 2. The standard InChI is InChI=1S/C25H21ClN2O4/c1-30-22-10-8-21(9-11-22)28-25(29)19(15-27)13-18-5-12-23(24(14-18)31-2)32-16-17-3-6-20(26)7-4-17/h3-14H,16H2,1-2H3,(H,28,29)/b19-13-. The summed E-state index contributed by atoms with van der Waals surface area (Å²) in [5, 5.41) is 12.8. The number of nitrogens with one attached hydrogen (secondary N) is 1. The van der Waals surface area contributed by atoms with E-state index in [1.54, 1.807) is 61.7 Å². The Labute approximate surface area is 191 Å². The number of carbonyl (C=O) groups excluding carboxylic acids is 1. The molecule has 3 aromatic carbocycles. The molecular formula is C25H21ClN2O4. The lowest BCUT2D eigenvalue weighted by Gasteiger charge is -2.12. The van der Waals surface area contributed by atoms with E-state index in [9.17, 15) is 10.1 Å². The quantitative estimate of drug-likeness (QED) is 0.364. The van der Waals surface area contributed by atoms with Crippen molar-refractivity contribution in [2.75, 3.05) is 19.5 Å². The number of rotatable bonds is 8. The molecule has 3 aromatic rings. The topological polar surface area (TPSA) is 80.6 Å². The van der Waals surface area contributed by atoms with Gasteiger partial charge in [-0.25, -0.2) is 0 Å². The first kappa shape index (κ1) is 22.7. The van der Waals surface area contributed by atoms with Crippen LogP contribution in [0.15, 0.2) is 72.3 Å². The van der Waals surface area contributed by atoms with E-state index >= 15 is 0 Å². The molecule has 7 heteroatoms. The third kappa shape index (κ3) is 6.03. The Morgan fingerprint density at radius 1 is 1.00 bits per heavy atom. The zero-order valence-corrected chi connectivity index (χ0v) is 18.3. The predicted octanol–water partition coefficient (Wildman–Crippen LogP) is 5.48. The molecule has 0 heterocycles. The second-order valence-electron chi connectivity index (χ2n) is 6.68. The average Bonchev–Trinajstić information content (AvgIpc) is 2.82. The molecule has 0 aliphatic heterocycles. The number of benzene rings is 3. The first-order valence-electron chi connectivity index (χ1n) is 9.65. The lowest BCUT2D eigenvalue weighted by Crippen LogP contribution is -2.13. The number of carbonyl (C=O) groups is 1. The summed E-state index contributed by atoms with van der Waals surface area (Å²) in [4.78, 5) is 12.5. The van der Waals surface area contributed by atoms with Crippen LogP contribution in [0, 0.1) is 11.3 Å². The lowest BCUT2D eigenvalue weighted by molar-refractivity contribution is -0.112. The fraction of sp³-hybridized carbons (Fsp3) is 0.120. The van der Waals surface area contributed by atoms with Gasteiger partial charge in [-0.15, -0.1) is 0 Å².